The van der Waals surface area contributed by atoms with Gasteiger partial charge in [0.2, 0.25) is 0 Å². The molecule has 0 radical (unpaired) electrons. The second kappa shape index (κ2) is 6.98. The Hall–Kier alpha value is -0.110. The Morgan fingerprint density at radius 3 is 2.57 bits per heavy atom. The molecule has 1 unspecified atom stereocenters. The third-order valence-corrected chi connectivity index (χ3v) is 7.50. The maximum atomic E-state index is 12.4. The monoisotopic (exact) mass is 427 g/mol. The predicted molar refractivity (Wildman–Crippen MR) is 91.8 cm³/mol. The van der Waals surface area contributed by atoms with Gasteiger partial charge in [-0.2, -0.15) is 0 Å². The molecule has 2 aromatic rings. The van der Waals surface area contributed by atoms with Gasteiger partial charge in [-0.1, -0.05) is 42.3 Å². The van der Waals surface area contributed by atoms with Crippen molar-refractivity contribution in [3.63, 3.8) is 0 Å². The lowest BCUT2D eigenvalue weighted by atomic mass is 10.1. The summed E-state index contributed by atoms with van der Waals surface area (Å²) in [6.07, 6.45) is 0.611. The average Bonchev–Trinajstić information content (AvgIpc) is 2.77. The quantitative estimate of drug-likeness (QED) is 0.706. The summed E-state index contributed by atoms with van der Waals surface area (Å²) in [6, 6.07) is 8.25. The molecule has 0 aliphatic carbocycles. The van der Waals surface area contributed by atoms with Gasteiger partial charge in [0, 0.05) is 11.1 Å². The summed E-state index contributed by atoms with van der Waals surface area (Å²) in [5.74, 6) is 0. The van der Waals surface area contributed by atoms with Crippen LogP contribution in [0.5, 0.6) is 0 Å². The molecule has 0 amide bonds. The van der Waals surface area contributed by atoms with Gasteiger partial charge >= 0.3 is 0 Å². The van der Waals surface area contributed by atoms with Gasteiger partial charge < -0.3 is 0 Å². The highest BCUT2D eigenvalue weighted by molar-refractivity contribution is 9.11. The Bertz CT molecular complexity index is 727. The zero-order chi connectivity index (χ0) is 15.6. The highest BCUT2D eigenvalue weighted by Crippen LogP contribution is 2.35. The van der Waals surface area contributed by atoms with E-state index in [1.807, 2.05) is 13.0 Å². The van der Waals surface area contributed by atoms with Gasteiger partial charge in [0.05, 0.1) is 8.81 Å². The molecule has 0 saturated carbocycles. The van der Waals surface area contributed by atoms with Crippen molar-refractivity contribution in [3.05, 3.63) is 49.7 Å². The summed E-state index contributed by atoms with van der Waals surface area (Å²) in [7, 11) is -3.62. The smallest absolute Gasteiger partial charge is 0.206 e. The van der Waals surface area contributed by atoms with E-state index in [9.17, 15) is 8.42 Å². The van der Waals surface area contributed by atoms with Gasteiger partial charge in [-0.15, -0.1) is 11.3 Å². The number of thiophene rings is 1. The van der Waals surface area contributed by atoms with Crippen molar-refractivity contribution in [1.82, 2.24) is 4.72 Å². The highest BCUT2D eigenvalue weighted by atomic mass is 79.9. The molecule has 114 valence electrons. The zero-order valence-corrected chi connectivity index (χ0v) is 15.7. The van der Waals surface area contributed by atoms with Crippen LogP contribution in [0.25, 0.3) is 0 Å². The molecule has 1 aromatic carbocycles. The molecule has 8 heteroatoms. The molecular weight excluding hydrogens is 417 g/mol. The number of hydrogen-bond acceptors (Lipinski definition) is 3. The van der Waals surface area contributed by atoms with Crippen molar-refractivity contribution in [2.75, 3.05) is 0 Å². The molecule has 0 saturated heterocycles. The number of benzene rings is 1. The first-order valence-electron chi connectivity index (χ1n) is 6.06. The van der Waals surface area contributed by atoms with Crippen LogP contribution in [0.1, 0.15) is 24.9 Å². The molecule has 1 N–H and O–H groups in total. The SMILES string of the molecule is CCC(NS(=O)(=O)c1cc(Cl)c(Br)s1)c1cccc(Cl)c1. The molecule has 1 heterocycles. The number of sulfonamides is 1. The Labute approximate surface area is 146 Å². The minimum absolute atomic E-state index is 0.180. The summed E-state index contributed by atoms with van der Waals surface area (Å²) < 4.78 is 28.3. The summed E-state index contributed by atoms with van der Waals surface area (Å²) in [5, 5.41) is 0.961. The number of nitrogens with one attached hydrogen (secondary N) is 1. The van der Waals surface area contributed by atoms with E-state index < -0.39 is 10.0 Å². The molecule has 0 aliphatic rings. The first-order valence-corrected chi connectivity index (χ1v) is 9.91. The van der Waals surface area contributed by atoms with Crippen molar-refractivity contribution < 1.29 is 8.42 Å². The van der Waals surface area contributed by atoms with Gasteiger partial charge in [0.25, 0.3) is 10.0 Å². The second-order valence-electron chi connectivity index (χ2n) is 4.32. The van der Waals surface area contributed by atoms with E-state index in [2.05, 4.69) is 20.7 Å². The predicted octanol–water partition coefficient (Wildman–Crippen LogP) is 5.25. The fourth-order valence-corrected chi connectivity index (χ4v) is 5.74. The van der Waals surface area contributed by atoms with Gasteiger partial charge in [-0.05, 0) is 46.1 Å². The van der Waals surface area contributed by atoms with Crippen LogP contribution < -0.4 is 4.72 Å². The summed E-state index contributed by atoms with van der Waals surface area (Å²) in [5.41, 5.74) is 0.829. The molecule has 2 rings (SSSR count). The van der Waals surface area contributed by atoms with E-state index in [4.69, 9.17) is 23.2 Å². The van der Waals surface area contributed by atoms with Crippen LogP contribution >= 0.6 is 50.5 Å². The average molecular weight is 429 g/mol. The minimum Gasteiger partial charge on any atom is -0.206 e. The van der Waals surface area contributed by atoms with E-state index in [0.717, 1.165) is 16.9 Å². The van der Waals surface area contributed by atoms with E-state index >= 15 is 0 Å². The molecule has 0 bridgehead atoms. The normalized spacial score (nSPS) is 13.3. The Balaban J connectivity index is 2.29. The Morgan fingerprint density at radius 1 is 1.33 bits per heavy atom. The Kier molecular flexibility index (Phi) is 5.73. The first kappa shape index (κ1) is 17.2. The maximum absolute atomic E-state index is 12.4. The second-order valence-corrected chi connectivity index (χ2v) is 9.48. The molecule has 21 heavy (non-hydrogen) atoms. The van der Waals surface area contributed by atoms with Gasteiger partial charge in [0.1, 0.15) is 4.21 Å². The fraction of sp³-hybridized carbons (Fsp3) is 0.231. The number of hydrogen-bond donors (Lipinski definition) is 1. The lowest BCUT2D eigenvalue weighted by Gasteiger charge is -2.17. The summed E-state index contributed by atoms with van der Waals surface area (Å²) in [4.78, 5) is 0. The van der Waals surface area contributed by atoms with E-state index in [-0.39, 0.29) is 10.3 Å². The van der Waals surface area contributed by atoms with Gasteiger partial charge in [-0.3, -0.25) is 0 Å². The maximum Gasteiger partial charge on any atom is 0.250 e. The van der Waals surface area contributed by atoms with E-state index in [1.165, 1.54) is 6.07 Å². The van der Waals surface area contributed by atoms with Gasteiger partial charge in [-0.25, -0.2) is 13.1 Å². The van der Waals surface area contributed by atoms with Crippen LogP contribution in [0.2, 0.25) is 10.0 Å². The number of rotatable bonds is 5. The van der Waals surface area contributed by atoms with Crippen LogP contribution in [0.15, 0.2) is 38.3 Å². The van der Waals surface area contributed by atoms with Crippen molar-refractivity contribution in [1.29, 1.82) is 0 Å². The molecule has 0 aliphatic heterocycles. The fourth-order valence-electron chi connectivity index (χ4n) is 1.81. The third-order valence-electron chi connectivity index (χ3n) is 2.84. The molecule has 1 atom stereocenters. The topological polar surface area (TPSA) is 46.2 Å². The standard InChI is InChI=1S/C13H12BrCl2NO2S2/c1-2-11(8-4-3-5-9(15)6-8)17-21(18,19)12-7-10(16)13(14)20-12/h3-7,11,17H,2H2,1H3. The summed E-state index contributed by atoms with van der Waals surface area (Å²) >= 11 is 16.2. The number of halogens is 3. The van der Waals surface area contributed by atoms with E-state index in [1.54, 1.807) is 18.2 Å². The largest absolute Gasteiger partial charge is 0.250 e. The van der Waals surface area contributed by atoms with Crippen molar-refractivity contribution >= 4 is 60.5 Å². The lowest BCUT2D eigenvalue weighted by molar-refractivity contribution is 0.552. The molecule has 0 fully saturated rings. The molecular formula is C13H12BrCl2NO2S2. The van der Waals surface area contributed by atoms with Crippen molar-refractivity contribution in [2.45, 2.75) is 23.6 Å². The third kappa shape index (κ3) is 4.21. The lowest BCUT2D eigenvalue weighted by Crippen LogP contribution is -2.27. The van der Waals surface area contributed by atoms with Crippen molar-refractivity contribution in [2.24, 2.45) is 0 Å². The first-order chi connectivity index (χ1) is 9.83. The van der Waals surface area contributed by atoms with Crippen LogP contribution in [0, 0.1) is 0 Å². The molecule has 3 nitrogen and oxygen atoms in total. The van der Waals surface area contributed by atoms with Crippen LogP contribution in [0.4, 0.5) is 0 Å². The van der Waals surface area contributed by atoms with Crippen LogP contribution in [0.3, 0.4) is 0 Å². The minimum atomic E-state index is -3.62. The molecule has 1 aromatic heterocycles. The zero-order valence-electron chi connectivity index (χ0n) is 10.9. The van der Waals surface area contributed by atoms with Crippen LogP contribution in [-0.2, 0) is 10.0 Å². The molecule has 0 spiro atoms. The van der Waals surface area contributed by atoms with Crippen molar-refractivity contribution in [3.8, 4) is 0 Å². The van der Waals surface area contributed by atoms with Crippen LogP contribution in [-0.4, -0.2) is 8.42 Å². The Morgan fingerprint density at radius 2 is 2.05 bits per heavy atom. The highest BCUT2D eigenvalue weighted by Gasteiger charge is 2.23. The summed E-state index contributed by atoms with van der Waals surface area (Å²) in [6.45, 7) is 1.91. The van der Waals surface area contributed by atoms with E-state index in [0.29, 0.717) is 20.3 Å². The van der Waals surface area contributed by atoms with Gasteiger partial charge in [0.15, 0.2) is 0 Å².